The fourth-order valence-electron chi connectivity index (χ4n) is 4.15. The number of fused-ring (bicyclic) bond motifs is 1. The molecule has 1 N–H and O–H groups in total. The summed E-state index contributed by atoms with van der Waals surface area (Å²) in [6.45, 7) is 5.45. The molecule has 3 heterocycles. The molecule has 3 aromatic rings. The molecular formula is C25H32N4OS. The van der Waals surface area contributed by atoms with Crippen molar-refractivity contribution in [2.24, 2.45) is 0 Å². The highest BCUT2D eigenvalue weighted by Crippen LogP contribution is 2.23. The van der Waals surface area contributed by atoms with Crippen LogP contribution >= 0.6 is 11.8 Å². The average molecular weight is 437 g/mol. The lowest BCUT2D eigenvalue weighted by molar-refractivity contribution is 0.0951. The summed E-state index contributed by atoms with van der Waals surface area (Å²) >= 11 is 1.74. The van der Waals surface area contributed by atoms with Crippen LogP contribution in [0.5, 0.6) is 0 Å². The number of likely N-dealkylation sites (tertiary alicyclic amines) is 1. The average Bonchev–Trinajstić information content (AvgIpc) is 3.22. The van der Waals surface area contributed by atoms with Crippen molar-refractivity contribution in [1.82, 2.24) is 19.6 Å². The number of hydrogen-bond donors (Lipinski definition) is 1. The Bertz CT molecular complexity index is 952. The molecule has 164 valence electrons. The third-order valence-electron chi connectivity index (χ3n) is 6.02. The summed E-state index contributed by atoms with van der Waals surface area (Å²) in [7, 11) is 0. The second kappa shape index (κ2) is 10.8. The van der Waals surface area contributed by atoms with E-state index in [1.807, 2.05) is 53.1 Å². The maximum absolute atomic E-state index is 12.4. The first-order valence-electron chi connectivity index (χ1n) is 11.4. The van der Waals surface area contributed by atoms with Gasteiger partial charge in [-0.1, -0.05) is 12.5 Å². The summed E-state index contributed by atoms with van der Waals surface area (Å²) in [4.78, 5) is 20.8. The molecule has 0 radical (unpaired) electrons. The number of carbonyl (C=O) groups excluding carboxylic acids is 1. The lowest BCUT2D eigenvalue weighted by atomic mass is 10.0. The number of nitrogens with zero attached hydrogens (tertiary/aromatic N) is 3. The molecule has 31 heavy (non-hydrogen) atoms. The van der Waals surface area contributed by atoms with Gasteiger partial charge in [0.25, 0.3) is 5.91 Å². The van der Waals surface area contributed by atoms with Crippen molar-refractivity contribution < 1.29 is 4.79 Å². The van der Waals surface area contributed by atoms with E-state index < -0.39 is 0 Å². The van der Waals surface area contributed by atoms with Gasteiger partial charge in [-0.05, 0) is 82.1 Å². The van der Waals surface area contributed by atoms with Gasteiger partial charge in [-0.25, -0.2) is 4.98 Å². The van der Waals surface area contributed by atoms with Crippen LogP contribution in [0.4, 0.5) is 0 Å². The van der Waals surface area contributed by atoms with Crippen molar-refractivity contribution >= 4 is 23.3 Å². The molecular weight excluding hydrogens is 404 g/mol. The largest absolute Gasteiger partial charge is 0.352 e. The fourth-order valence-corrected chi connectivity index (χ4v) is 4.93. The fraction of sp³-hybridized carbons (Fsp3) is 0.440. The van der Waals surface area contributed by atoms with E-state index in [-0.39, 0.29) is 5.91 Å². The summed E-state index contributed by atoms with van der Waals surface area (Å²) < 4.78 is 2.04. The van der Waals surface area contributed by atoms with Crippen LogP contribution in [0.3, 0.4) is 0 Å². The van der Waals surface area contributed by atoms with E-state index in [0.717, 1.165) is 53.5 Å². The smallest absolute Gasteiger partial charge is 0.251 e. The first-order valence-corrected chi connectivity index (χ1v) is 12.4. The number of nitrogens with one attached hydrogen (secondary N) is 1. The van der Waals surface area contributed by atoms with E-state index in [1.165, 1.54) is 25.8 Å². The molecule has 1 aliphatic rings. The van der Waals surface area contributed by atoms with Crippen molar-refractivity contribution in [1.29, 1.82) is 0 Å². The van der Waals surface area contributed by atoms with Crippen LogP contribution in [0.2, 0.25) is 0 Å². The minimum Gasteiger partial charge on any atom is -0.352 e. The molecule has 0 bridgehead atoms. The summed E-state index contributed by atoms with van der Waals surface area (Å²) in [6.07, 6.45) is 10.3. The Hall–Kier alpha value is -2.31. The van der Waals surface area contributed by atoms with Gasteiger partial charge in [-0.15, -0.1) is 11.8 Å². The van der Waals surface area contributed by atoms with Crippen LogP contribution < -0.4 is 5.32 Å². The first kappa shape index (κ1) is 21.9. The summed E-state index contributed by atoms with van der Waals surface area (Å²) in [6, 6.07) is 14.6. The second-order valence-electron chi connectivity index (χ2n) is 8.36. The van der Waals surface area contributed by atoms with Gasteiger partial charge in [-0.3, -0.25) is 4.79 Å². The number of thioether (sulfide) groups is 1. The van der Waals surface area contributed by atoms with E-state index >= 15 is 0 Å². The molecule has 1 amide bonds. The minimum atomic E-state index is 0.0169. The monoisotopic (exact) mass is 436 g/mol. The number of piperidine rings is 1. The SMILES string of the molecule is CC1CCCCN1CCCCNC(=O)c1ccc(SCc2cn3ccccc3n2)cc1. The van der Waals surface area contributed by atoms with Crippen LogP contribution in [-0.2, 0) is 5.75 Å². The normalized spacial score (nSPS) is 17.1. The number of amides is 1. The van der Waals surface area contributed by atoms with E-state index in [0.29, 0.717) is 6.04 Å². The van der Waals surface area contributed by atoms with Gasteiger partial charge in [0.2, 0.25) is 0 Å². The van der Waals surface area contributed by atoms with Crippen molar-refractivity contribution in [2.75, 3.05) is 19.6 Å². The number of unbranched alkanes of at least 4 members (excludes halogenated alkanes) is 1. The molecule has 1 fully saturated rings. The molecule has 1 aromatic carbocycles. The Kier molecular flexibility index (Phi) is 7.65. The molecule has 1 aliphatic heterocycles. The van der Waals surface area contributed by atoms with Crippen LogP contribution in [0.25, 0.3) is 5.65 Å². The van der Waals surface area contributed by atoms with Crippen LogP contribution in [0, 0.1) is 0 Å². The zero-order valence-electron chi connectivity index (χ0n) is 18.3. The Morgan fingerprint density at radius 1 is 1.16 bits per heavy atom. The van der Waals surface area contributed by atoms with Gasteiger partial charge < -0.3 is 14.6 Å². The van der Waals surface area contributed by atoms with Gasteiger partial charge in [-0.2, -0.15) is 0 Å². The molecule has 1 unspecified atom stereocenters. The lowest BCUT2D eigenvalue weighted by Crippen LogP contribution is -2.38. The Morgan fingerprint density at radius 3 is 2.84 bits per heavy atom. The Labute approximate surface area is 189 Å². The third kappa shape index (κ3) is 6.11. The molecule has 0 spiro atoms. The Balaban J connectivity index is 1.17. The molecule has 5 nitrogen and oxygen atoms in total. The number of rotatable bonds is 9. The summed E-state index contributed by atoms with van der Waals surface area (Å²) in [5.41, 5.74) is 2.74. The quantitative estimate of drug-likeness (QED) is 0.378. The molecule has 6 heteroatoms. The van der Waals surface area contributed by atoms with Crippen molar-refractivity contribution in [3.63, 3.8) is 0 Å². The van der Waals surface area contributed by atoms with Crippen molar-refractivity contribution in [2.45, 2.75) is 55.7 Å². The van der Waals surface area contributed by atoms with Gasteiger partial charge in [0.15, 0.2) is 0 Å². The van der Waals surface area contributed by atoms with E-state index in [1.54, 1.807) is 11.8 Å². The van der Waals surface area contributed by atoms with Gasteiger partial charge in [0.05, 0.1) is 5.69 Å². The number of benzene rings is 1. The van der Waals surface area contributed by atoms with E-state index in [9.17, 15) is 4.79 Å². The summed E-state index contributed by atoms with van der Waals surface area (Å²) in [5.74, 6) is 0.825. The predicted molar refractivity (Wildman–Crippen MR) is 128 cm³/mol. The van der Waals surface area contributed by atoms with Crippen LogP contribution in [-0.4, -0.2) is 45.9 Å². The van der Waals surface area contributed by atoms with Gasteiger partial charge in [0.1, 0.15) is 5.65 Å². The molecule has 0 saturated carbocycles. The maximum atomic E-state index is 12.4. The number of aromatic nitrogens is 2. The highest BCUT2D eigenvalue weighted by molar-refractivity contribution is 7.98. The molecule has 2 aromatic heterocycles. The minimum absolute atomic E-state index is 0.0169. The second-order valence-corrected chi connectivity index (χ2v) is 9.40. The van der Waals surface area contributed by atoms with Crippen molar-refractivity contribution in [3.8, 4) is 0 Å². The van der Waals surface area contributed by atoms with Crippen LogP contribution in [0.1, 0.15) is 55.1 Å². The zero-order valence-corrected chi connectivity index (χ0v) is 19.1. The third-order valence-corrected chi connectivity index (χ3v) is 7.06. The van der Waals surface area contributed by atoms with Gasteiger partial charge >= 0.3 is 0 Å². The topological polar surface area (TPSA) is 49.6 Å². The Morgan fingerprint density at radius 2 is 2.03 bits per heavy atom. The zero-order chi connectivity index (χ0) is 21.5. The van der Waals surface area contributed by atoms with Crippen LogP contribution in [0.15, 0.2) is 59.8 Å². The highest BCUT2D eigenvalue weighted by atomic mass is 32.2. The lowest BCUT2D eigenvalue weighted by Gasteiger charge is -2.33. The number of imidazole rings is 1. The molecule has 4 rings (SSSR count). The number of pyridine rings is 1. The van der Waals surface area contributed by atoms with E-state index in [4.69, 9.17) is 0 Å². The number of carbonyl (C=O) groups is 1. The number of hydrogen-bond acceptors (Lipinski definition) is 4. The van der Waals surface area contributed by atoms with Gasteiger partial charge in [0, 0.05) is 41.2 Å². The maximum Gasteiger partial charge on any atom is 0.251 e. The molecule has 1 saturated heterocycles. The van der Waals surface area contributed by atoms with Crippen molar-refractivity contribution in [3.05, 3.63) is 66.1 Å². The molecule has 0 aliphatic carbocycles. The first-order chi connectivity index (χ1) is 15.2. The highest BCUT2D eigenvalue weighted by Gasteiger charge is 2.17. The predicted octanol–water partition coefficient (Wildman–Crippen LogP) is 5.01. The standard InChI is InChI=1S/C25H32N4OS/c1-20-8-2-5-15-28(20)16-7-4-14-26-25(30)21-10-12-23(13-11-21)31-19-22-18-29-17-6-3-9-24(29)27-22/h3,6,9-13,17-18,20H,2,4-5,7-8,14-16,19H2,1H3,(H,26,30). The summed E-state index contributed by atoms with van der Waals surface area (Å²) in [5, 5.41) is 3.06. The van der Waals surface area contributed by atoms with E-state index in [2.05, 4.69) is 28.3 Å². The molecule has 1 atom stereocenters.